The second-order valence-electron chi connectivity index (χ2n) is 5.29. The van der Waals surface area contributed by atoms with Crippen molar-refractivity contribution < 1.29 is 9.84 Å². The van der Waals surface area contributed by atoms with E-state index in [0.717, 1.165) is 22.6 Å². The van der Waals surface area contributed by atoms with E-state index in [9.17, 15) is 5.11 Å². The first kappa shape index (κ1) is 14.5. The molecule has 2 atom stereocenters. The Kier molecular flexibility index (Phi) is 3.97. The first-order valence-electron chi connectivity index (χ1n) is 7.19. The number of ether oxygens (including phenoxy) is 1. The predicted octanol–water partition coefficient (Wildman–Crippen LogP) is 2.07. The van der Waals surface area contributed by atoms with Crippen LogP contribution in [0.15, 0.2) is 11.4 Å². The lowest BCUT2D eigenvalue weighted by Crippen LogP contribution is -2.43. The average molecular weight is 308 g/mol. The number of hydrogen-bond donors (Lipinski definition) is 3. The highest BCUT2D eigenvalue weighted by molar-refractivity contribution is 7.16. The van der Waals surface area contributed by atoms with Crippen molar-refractivity contribution in [2.45, 2.75) is 32.0 Å². The second kappa shape index (κ2) is 5.75. The van der Waals surface area contributed by atoms with Crippen molar-refractivity contribution in [1.29, 1.82) is 0 Å². The lowest BCUT2D eigenvalue weighted by atomic mass is 9.97. The Bertz CT molecular complexity index is 632. The van der Waals surface area contributed by atoms with Gasteiger partial charge in [0, 0.05) is 26.1 Å². The molecule has 3 N–H and O–H groups in total. The molecule has 1 saturated heterocycles. The highest BCUT2D eigenvalue weighted by Crippen LogP contribution is 2.29. The number of nitrogens with one attached hydrogen (secondary N) is 2. The maximum absolute atomic E-state index is 10.6. The Balaban J connectivity index is 1.84. The van der Waals surface area contributed by atoms with Crippen LogP contribution in [0.25, 0.3) is 10.2 Å². The number of hydrogen-bond acceptors (Lipinski definition) is 7. The van der Waals surface area contributed by atoms with Gasteiger partial charge in [-0.1, -0.05) is 0 Å². The van der Waals surface area contributed by atoms with Gasteiger partial charge in [-0.15, -0.1) is 11.3 Å². The topological polar surface area (TPSA) is 79.3 Å². The van der Waals surface area contributed by atoms with E-state index in [-0.39, 0.29) is 6.10 Å². The molecule has 6 nitrogen and oxygen atoms in total. The van der Waals surface area contributed by atoms with Gasteiger partial charge in [0.05, 0.1) is 11.5 Å². The van der Waals surface area contributed by atoms with Gasteiger partial charge < -0.3 is 20.5 Å². The largest absolute Gasteiger partial charge is 0.385 e. The molecule has 114 valence electrons. The number of thiophene rings is 1. The first-order valence-corrected chi connectivity index (χ1v) is 8.07. The Labute approximate surface area is 127 Å². The molecule has 0 aliphatic carbocycles. The van der Waals surface area contributed by atoms with Gasteiger partial charge in [0.1, 0.15) is 16.2 Å². The molecular weight excluding hydrogens is 288 g/mol. The Morgan fingerprint density at radius 3 is 3.05 bits per heavy atom. The summed E-state index contributed by atoms with van der Waals surface area (Å²) in [5.41, 5.74) is -0.842. The Morgan fingerprint density at radius 2 is 2.33 bits per heavy atom. The zero-order chi connectivity index (χ0) is 14.9. The summed E-state index contributed by atoms with van der Waals surface area (Å²) in [6, 6.07) is 2.00. The van der Waals surface area contributed by atoms with Crippen molar-refractivity contribution in [2.75, 3.05) is 30.3 Å². The molecule has 2 aromatic rings. The van der Waals surface area contributed by atoms with E-state index in [1.165, 1.54) is 0 Å². The summed E-state index contributed by atoms with van der Waals surface area (Å²) in [5.74, 6) is 1.36. The normalized spacial score (nSPS) is 25.4. The molecule has 0 saturated carbocycles. The van der Waals surface area contributed by atoms with Gasteiger partial charge in [0.15, 0.2) is 0 Å². The van der Waals surface area contributed by atoms with Gasteiger partial charge in [0.2, 0.25) is 5.95 Å². The van der Waals surface area contributed by atoms with Gasteiger partial charge in [-0.05, 0) is 25.3 Å². The van der Waals surface area contributed by atoms with E-state index >= 15 is 0 Å². The predicted molar refractivity (Wildman–Crippen MR) is 85.0 cm³/mol. The molecule has 1 fully saturated rings. The van der Waals surface area contributed by atoms with Crippen molar-refractivity contribution in [3.8, 4) is 0 Å². The van der Waals surface area contributed by atoms with E-state index in [1.807, 2.05) is 25.3 Å². The molecule has 0 spiro atoms. The van der Waals surface area contributed by atoms with Crippen molar-refractivity contribution >= 4 is 33.3 Å². The minimum absolute atomic E-state index is 0.168. The van der Waals surface area contributed by atoms with Gasteiger partial charge in [-0.25, -0.2) is 4.98 Å². The lowest BCUT2D eigenvalue weighted by Gasteiger charge is -2.26. The zero-order valence-electron chi connectivity index (χ0n) is 12.2. The summed E-state index contributed by atoms with van der Waals surface area (Å²) in [7, 11) is 0. The number of aliphatic hydroxyl groups is 1. The molecule has 0 radical (unpaired) electrons. The molecule has 0 bridgehead atoms. The molecule has 21 heavy (non-hydrogen) atoms. The standard InChI is InChI=1S/C14H20N4O2S/c1-3-15-13-17-11(10-4-7-21-12(10)18-13)16-8-14(19)5-6-20-9(14)2/h4,7,9,19H,3,5-6,8H2,1-2H3,(H2,15,16,17,18). The monoisotopic (exact) mass is 308 g/mol. The highest BCUT2D eigenvalue weighted by Gasteiger charge is 2.39. The SMILES string of the molecule is CCNc1nc(NCC2(O)CCOC2C)c2ccsc2n1. The maximum Gasteiger partial charge on any atom is 0.226 e. The van der Waals surface area contributed by atoms with E-state index in [1.54, 1.807) is 11.3 Å². The van der Waals surface area contributed by atoms with Crippen molar-refractivity contribution in [3.05, 3.63) is 11.4 Å². The zero-order valence-corrected chi connectivity index (χ0v) is 13.0. The minimum atomic E-state index is -0.842. The smallest absolute Gasteiger partial charge is 0.226 e. The summed E-state index contributed by atoms with van der Waals surface area (Å²) in [6.45, 7) is 5.70. The fourth-order valence-electron chi connectivity index (χ4n) is 2.47. The molecule has 0 aromatic carbocycles. The molecular formula is C14H20N4O2S. The van der Waals surface area contributed by atoms with E-state index in [0.29, 0.717) is 25.5 Å². The quantitative estimate of drug-likeness (QED) is 0.785. The number of aromatic nitrogens is 2. The van der Waals surface area contributed by atoms with Crippen LogP contribution in [0.5, 0.6) is 0 Å². The van der Waals surface area contributed by atoms with E-state index < -0.39 is 5.60 Å². The van der Waals surface area contributed by atoms with Crippen LogP contribution in [-0.4, -0.2) is 46.5 Å². The third-order valence-corrected chi connectivity index (χ3v) is 4.69. The fourth-order valence-corrected chi connectivity index (χ4v) is 3.23. The molecule has 1 aliphatic heterocycles. The first-order chi connectivity index (χ1) is 10.1. The van der Waals surface area contributed by atoms with Gasteiger partial charge in [-0.3, -0.25) is 0 Å². The summed E-state index contributed by atoms with van der Waals surface area (Å²) >= 11 is 1.58. The van der Waals surface area contributed by atoms with Crippen molar-refractivity contribution in [3.63, 3.8) is 0 Å². The maximum atomic E-state index is 10.6. The Morgan fingerprint density at radius 1 is 1.48 bits per heavy atom. The number of rotatable bonds is 5. The molecule has 7 heteroatoms. The summed E-state index contributed by atoms with van der Waals surface area (Å²) in [4.78, 5) is 9.90. The lowest BCUT2D eigenvalue weighted by molar-refractivity contribution is -0.0176. The second-order valence-corrected chi connectivity index (χ2v) is 6.18. The van der Waals surface area contributed by atoms with Crippen LogP contribution in [0.1, 0.15) is 20.3 Å². The summed E-state index contributed by atoms with van der Waals surface area (Å²) in [5, 5.41) is 20.0. The average Bonchev–Trinajstić information content (AvgIpc) is 3.05. The van der Waals surface area contributed by atoms with Crippen LogP contribution in [-0.2, 0) is 4.74 Å². The third kappa shape index (κ3) is 2.81. The summed E-state index contributed by atoms with van der Waals surface area (Å²) in [6.07, 6.45) is 0.470. The Hall–Kier alpha value is -1.44. The molecule has 0 amide bonds. The van der Waals surface area contributed by atoms with Crippen molar-refractivity contribution in [2.24, 2.45) is 0 Å². The van der Waals surface area contributed by atoms with Gasteiger partial charge in [-0.2, -0.15) is 4.98 Å². The molecule has 3 rings (SSSR count). The van der Waals surface area contributed by atoms with Crippen LogP contribution in [0.4, 0.5) is 11.8 Å². The van der Waals surface area contributed by atoms with Gasteiger partial charge >= 0.3 is 0 Å². The summed E-state index contributed by atoms with van der Waals surface area (Å²) < 4.78 is 5.46. The van der Waals surface area contributed by atoms with Crippen LogP contribution >= 0.6 is 11.3 Å². The minimum Gasteiger partial charge on any atom is -0.385 e. The highest BCUT2D eigenvalue weighted by atomic mass is 32.1. The third-order valence-electron chi connectivity index (χ3n) is 3.88. The number of anilines is 2. The van der Waals surface area contributed by atoms with E-state index in [2.05, 4.69) is 20.6 Å². The van der Waals surface area contributed by atoms with Crippen LogP contribution in [0.2, 0.25) is 0 Å². The number of nitrogens with zero attached hydrogens (tertiary/aromatic N) is 2. The van der Waals surface area contributed by atoms with Crippen LogP contribution in [0, 0.1) is 0 Å². The number of fused-ring (bicyclic) bond motifs is 1. The molecule has 1 aliphatic rings. The van der Waals surface area contributed by atoms with Crippen LogP contribution < -0.4 is 10.6 Å². The molecule has 3 heterocycles. The van der Waals surface area contributed by atoms with Crippen LogP contribution in [0.3, 0.4) is 0 Å². The van der Waals surface area contributed by atoms with Gasteiger partial charge in [0.25, 0.3) is 0 Å². The fraction of sp³-hybridized carbons (Fsp3) is 0.571. The molecule has 2 unspecified atom stereocenters. The van der Waals surface area contributed by atoms with Crippen molar-refractivity contribution in [1.82, 2.24) is 9.97 Å². The van der Waals surface area contributed by atoms with E-state index in [4.69, 9.17) is 4.74 Å². The molecule has 2 aromatic heterocycles.